The standard InChI is InChI=1S/C8H8FNO4/c1-14-7(11)8(9)5-3-2-4-6(8)10(12)13/h2-6H,1H3. The number of hydrogen-bond acceptors (Lipinski definition) is 4. The number of nitrogens with zero attached hydrogens (tertiary/aromatic N) is 1. The zero-order valence-corrected chi connectivity index (χ0v) is 7.34. The van der Waals surface area contributed by atoms with Gasteiger partial charge < -0.3 is 4.74 Å². The zero-order valence-electron chi connectivity index (χ0n) is 7.34. The molecule has 0 aromatic rings. The molecule has 0 amide bonds. The number of alkyl halides is 1. The number of ether oxygens (including phenoxy) is 1. The summed E-state index contributed by atoms with van der Waals surface area (Å²) in [5.74, 6) is -1.26. The quantitative estimate of drug-likeness (QED) is 0.373. The van der Waals surface area contributed by atoms with Crippen molar-refractivity contribution in [2.75, 3.05) is 7.11 Å². The average molecular weight is 201 g/mol. The van der Waals surface area contributed by atoms with Crippen molar-refractivity contribution in [3.8, 4) is 0 Å². The number of allylic oxidation sites excluding steroid dienone is 2. The first-order valence-electron chi connectivity index (χ1n) is 3.79. The van der Waals surface area contributed by atoms with E-state index in [1.54, 1.807) is 0 Å². The number of carbonyl (C=O) groups is 1. The van der Waals surface area contributed by atoms with Crippen LogP contribution in [0.3, 0.4) is 0 Å². The fourth-order valence-electron chi connectivity index (χ4n) is 1.17. The maximum atomic E-state index is 13.8. The first-order chi connectivity index (χ1) is 6.52. The maximum absolute atomic E-state index is 13.8. The predicted octanol–water partition coefficient (Wildman–Crippen LogP) is 0.639. The summed E-state index contributed by atoms with van der Waals surface area (Å²) >= 11 is 0. The third kappa shape index (κ3) is 1.50. The summed E-state index contributed by atoms with van der Waals surface area (Å²) in [7, 11) is 0.979. The van der Waals surface area contributed by atoms with Crippen LogP contribution in [0.1, 0.15) is 0 Å². The lowest BCUT2D eigenvalue weighted by atomic mass is 9.92. The summed E-state index contributed by atoms with van der Waals surface area (Å²) in [6, 6.07) is -1.72. The number of methoxy groups -OCH3 is 1. The Hall–Kier alpha value is -1.72. The molecule has 0 saturated carbocycles. The smallest absolute Gasteiger partial charge is 0.355 e. The van der Waals surface area contributed by atoms with Gasteiger partial charge in [0, 0.05) is 4.92 Å². The summed E-state index contributed by atoms with van der Waals surface area (Å²) in [6.45, 7) is 0. The highest BCUT2D eigenvalue weighted by atomic mass is 19.1. The van der Waals surface area contributed by atoms with Crippen LogP contribution in [-0.4, -0.2) is 29.7 Å². The van der Waals surface area contributed by atoms with E-state index in [1.807, 2.05) is 0 Å². The molecule has 1 aliphatic rings. The molecule has 0 bridgehead atoms. The first-order valence-corrected chi connectivity index (χ1v) is 3.79. The van der Waals surface area contributed by atoms with E-state index in [2.05, 4.69) is 4.74 Å². The lowest BCUT2D eigenvalue weighted by molar-refractivity contribution is -0.521. The molecule has 6 heteroatoms. The van der Waals surface area contributed by atoms with Crippen molar-refractivity contribution in [3.05, 3.63) is 34.4 Å². The van der Waals surface area contributed by atoms with E-state index >= 15 is 0 Å². The summed E-state index contributed by atoms with van der Waals surface area (Å²) in [5.41, 5.74) is -2.70. The molecular formula is C8H8FNO4. The second-order valence-corrected chi connectivity index (χ2v) is 2.73. The first kappa shape index (κ1) is 10.4. The Morgan fingerprint density at radius 1 is 1.64 bits per heavy atom. The largest absolute Gasteiger partial charge is 0.466 e. The molecule has 2 unspecified atom stereocenters. The second-order valence-electron chi connectivity index (χ2n) is 2.73. The van der Waals surface area contributed by atoms with Crippen LogP contribution in [0, 0.1) is 10.1 Å². The molecule has 0 aliphatic heterocycles. The van der Waals surface area contributed by atoms with Gasteiger partial charge in [0.05, 0.1) is 7.11 Å². The van der Waals surface area contributed by atoms with Gasteiger partial charge in [-0.05, 0) is 12.2 Å². The average Bonchev–Trinajstić information content (AvgIpc) is 2.16. The SMILES string of the molecule is COC(=O)C1(F)C=CC=CC1[N+](=O)[O-]. The van der Waals surface area contributed by atoms with Crippen LogP contribution >= 0.6 is 0 Å². The molecule has 0 heterocycles. The molecule has 0 N–H and O–H groups in total. The van der Waals surface area contributed by atoms with Gasteiger partial charge >= 0.3 is 5.97 Å². The molecule has 0 spiro atoms. The van der Waals surface area contributed by atoms with E-state index in [0.717, 1.165) is 19.3 Å². The summed E-state index contributed by atoms with van der Waals surface area (Å²) < 4.78 is 18.0. The minimum Gasteiger partial charge on any atom is -0.466 e. The predicted molar refractivity (Wildman–Crippen MR) is 44.9 cm³/mol. The molecule has 0 aromatic carbocycles. The van der Waals surface area contributed by atoms with Gasteiger partial charge in [0.2, 0.25) is 0 Å². The van der Waals surface area contributed by atoms with Gasteiger partial charge in [0.15, 0.2) is 0 Å². The van der Waals surface area contributed by atoms with Crippen LogP contribution < -0.4 is 0 Å². The van der Waals surface area contributed by atoms with Crippen molar-refractivity contribution >= 4 is 5.97 Å². The molecule has 2 atom stereocenters. The molecule has 0 fully saturated rings. The van der Waals surface area contributed by atoms with Crippen LogP contribution in [0.4, 0.5) is 4.39 Å². The van der Waals surface area contributed by atoms with Crippen LogP contribution in [0.25, 0.3) is 0 Å². The molecule has 5 nitrogen and oxygen atoms in total. The molecule has 14 heavy (non-hydrogen) atoms. The fourth-order valence-corrected chi connectivity index (χ4v) is 1.17. The Bertz CT molecular complexity index is 325. The third-order valence-electron chi connectivity index (χ3n) is 1.90. The second kappa shape index (κ2) is 3.57. The molecular weight excluding hydrogens is 193 g/mol. The zero-order chi connectivity index (χ0) is 10.8. The van der Waals surface area contributed by atoms with E-state index in [4.69, 9.17) is 0 Å². The number of rotatable bonds is 2. The lowest BCUT2D eigenvalue weighted by Gasteiger charge is -2.21. The van der Waals surface area contributed by atoms with Gasteiger partial charge in [0.1, 0.15) is 0 Å². The highest BCUT2D eigenvalue weighted by Crippen LogP contribution is 2.26. The van der Waals surface area contributed by atoms with E-state index in [0.29, 0.717) is 0 Å². The van der Waals surface area contributed by atoms with E-state index < -0.39 is 22.6 Å². The Balaban J connectivity index is 3.05. The van der Waals surface area contributed by atoms with Crippen LogP contribution in [0.2, 0.25) is 0 Å². The summed E-state index contributed by atoms with van der Waals surface area (Å²) in [6.07, 6.45) is 4.38. The van der Waals surface area contributed by atoms with Crippen LogP contribution in [0.5, 0.6) is 0 Å². The van der Waals surface area contributed by atoms with Gasteiger partial charge in [0.25, 0.3) is 11.7 Å². The maximum Gasteiger partial charge on any atom is 0.355 e. The van der Waals surface area contributed by atoms with Crippen molar-refractivity contribution in [2.45, 2.75) is 11.7 Å². The Kier molecular flexibility index (Phi) is 2.64. The minimum atomic E-state index is -2.70. The third-order valence-corrected chi connectivity index (χ3v) is 1.90. The minimum absolute atomic E-state index is 0.826. The van der Waals surface area contributed by atoms with Crippen molar-refractivity contribution in [1.82, 2.24) is 0 Å². The number of esters is 1. The monoisotopic (exact) mass is 201 g/mol. The van der Waals surface area contributed by atoms with Crippen molar-refractivity contribution < 1.29 is 18.8 Å². The number of halogens is 1. The number of nitro groups is 1. The van der Waals surface area contributed by atoms with Crippen molar-refractivity contribution in [2.24, 2.45) is 0 Å². The summed E-state index contributed by atoms with van der Waals surface area (Å²) in [5, 5.41) is 10.5. The lowest BCUT2D eigenvalue weighted by Crippen LogP contribution is -2.48. The molecule has 0 saturated heterocycles. The van der Waals surface area contributed by atoms with Gasteiger partial charge in [-0.1, -0.05) is 12.2 Å². The molecule has 1 rings (SSSR count). The highest BCUT2D eigenvalue weighted by Gasteiger charge is 2.53. The van der Waals surface area contributed by atoms with Crippen molar-refractivity contribution in [1.29, 1.82) is 0 Å². The van der Waals surface area contributed by atoms with Crippen LogP contribution in [-0.2, 0) is 9.53 Å². The Morgan fingerprint density at radius 3 is 2.79 bits per heavy atom. The van der Waals surface area contributed by atoms with Gasteiger partial charge in [-0.3, -0.25) is 10.1 Å². The van der Waals surface area contributed by atoms with E-state index in [-0.39, 0.29) is 0 Å². The van der Waals surface area contributed by atoms with E-state index in [1.165, 1.54) is 12.2 Å². The Morgan fingerprint density at radius 2 is 2.29 bits per heavy atom. The number of carbonyl (C=O) groups excluding carboxylic acids is 1. The molecule has 1 aliphatic carbocycles. The normalized spacial score (nSPS) is 30.0. The fraction of sp³-hybridized carbons (Fsp3) is 0.375. The van der Waals surface area contributed by atoms with Crippen molar-refractivity contribution in [3.63, 3.8) is 0 Å². The summed E-state index contributed by atoms with van der Waals surface area (Å²) in [4.78, 5) is 20.6. The Labute approximate surface area is 79.0 Å². The van der Waals surface area contributed by atoms with Crippen LogP contribution in [0.15, 0.2) is 24.3 Å². The van der Waals surface area contributed by atoms with Gasteiger partial charge in [-0.25, -0.2) is 9.18 Å². The van der Waals surface area contributed by atoms with Gasteiger partial charge in [-0.15, -0.1) is 0 Å². The topological polar surface area (TPSA) is 69.4 Å². The number of hydrogen-bond donors (Lipinski definition) is 0. The molecule has 0 radical (unpaired) electrons. The molecule has 0 aromatic heterocycles. The van der Waals surface area contributed by atoms with Gasteiger partial charge in [-0.2, -0.15) is 0 Å². The molecule has 76 valence electrons. The highest BCUT2D eigenvalue weighted by molar-refractivity contribution is 5.83. The van der Waals surface area contributed by atoms with E-state index in [9.17, 15) is 19.3 Å².